The monoisotopic (exact) mass is 181 g/mol. The van der Waals surface area contributed by atoms with Crippen LogP contribution in [0.4, 0.5) is 0 Å². The molecule has 0 aliphatic carbocycles. The first-order chi connectivity index (χ1) is 6.18. The SMILES string of the molecule is O=C(O)CNCc1cccc(O)c1. The largest absolute Gasteiger partial charge is 0.508 e. The number of carboxylic acid groups (broad SMARTS) is 1. The van der Waals surface area contributed by atoms with Crippen LogP contribution in [0.15, 0.2) is 24.3 Å². The molecule has 0 spiro atoms. The number of benzene rings is 1. The van der Waals surface area contributed by atoms with Gasteiger partial charge in [0.15, 0.2) is 0 Å². The van der Waals surface area contributed by atoms with Crippen molar-refractivity contribution < 1.29 is 15.0 Å². The normalized spacial score (nSPS) is 9.85. The summed E-state index contributed by atoms with van der Waals surface area (Å²) in [6, 6.07) is 6.69. The van der Waals surface area contributed by atoms with Crippen molar-refractivity contribution in [3.63, 3.8) is 0 Å². The van der Waals surface area contributed by atoms with Crippen LogP contribution < -0.4 is 5.32 Å². The second kappa shape index (κ2) is 4.47. The summed E-state index contributed by atoms with van der Waals surface area (Å²) in [4.78, 5) is 10.1. The van der Waals surface area contributed by atoms with Gasteiger partial charge in [-0.15, -0.1) is 0 Å². The van der Waals surface area contributed by atoms with Gasteiger partial charge in [-0.3, -0.25) is 4.79 Å². The van der Waals surface area contributed by atoms with Crippen LogP contribution in [0.1, 0.15) is 5.56 Å². The minimum absolute atomic E-state index is 0.0738. The Balaban J connectivity index is 2.41. The molecule has 70 valence electrons. The highest BCUT2D eigenvalue weighted by Gasteiger charge is 1.96. The zero-order valence-electron chi connectivity index (χ0n) is 7.03. The predicted molar refractivity (Wildman–Crippen MR) is 47.4 cm³/mol. The molecule has 1 rings (SSSR count). The van der Waals surface area contributed by atoms with Gasteiger partial charge in [0.25, 0.3) is 0 Å². The van der Waals surface area contributed by atoms with Crippen LogP contribution in [0.2, 0.25) is 0 Å². The lowest BCUT2D eigenvalue weighted by molar-refractivity contribution is -0.135. The van der Waals surface area contributed by atoms with Crippen molar-refractivity contribution in [3.05, 3.63) is 29.8 Å². The standard InChI is InChI=1S/C9H11NO3/c11-8-3-1-2-7(4-8)5-10-6-9(12)13/h1-4,10-11H,5-6H2,(H,12,13). The van der Waals surface area contributed by atoms with E-state index in [1.54, 1.807) is 18.2 Å². The average Bonchev–Trinajstić information content (AvgIpc) is 2.03. The summed E-state index contributed by atoms with van der Waals surface area (Å²) in [6.45, 7) is 0.371. The molecule has 0 radical (unpaired) electrons. The van der Waals surface area contributed by atoms with Crippen LogP contribution >= 0.6 is 0 Å². The van der Waals surface area contributed by atoms with Crippen molar-refractivity contribution >= 4 is 5.97 Å². The van der Waals surface area contributed by atoms with Gasteiger partial charge in [-0.25, -0.2) is 0 Å². The van der Waals surface area contributed by atoms with Gasteiger partial charge in [0, 0.05) is 6.54 Å². The van der Waals surface area contributed by atoms with Crippen molar-refractivity contribution in [2.24, 2.45) is 0 Å². The minimum atomic E-state index is -0.889. The third kappa shape index (κ3) is 3.57. The van der Waals surface area contributed by atoms with E-state index in [2.05, 4.69) is 5.32 Å². The van der Waals surface area contributed by atoms with Gasteiger partial charge in [0.1, 0.15) is 5.75 Å². The number of nitrogens with one attached hydrogen (secondary N) is 1. The summed E-state index contributed by atoms with van der Waals surface area (Å²) in [5.41, 5.74) is 0.862. The Morgan fingerprint density at radius 1 is 1.46 bits per heavy atom. The molecule has 0 aliphatic rings. The number of phenols is 1. The van der Waals surface area contributed by atoms with Crippen LogP contribution in [0.5, 0.6) is 5.75 Å². The first-order valence-electron chi connectivity index (χ1n) is 3.89. The number of phenolic OH excluding ortho intramolecular Hbond substituents is 1. The highest BCUT2D eigenvalue weighted by atomic mass is 16.4. The van der Waals surface area contributed by atoms with Crippen LogP contribution in [0.3, 0.4) is 0 Å². The molecule has 0 fully saturated rings. The van der Waals surface area contributed by atoms with Crippen molar-refractivity contribution in [3.8, 4) is 5.75 Å². The summed E-state index contributed by atoms with van der Waals surface area (Å²) >= 11 is 0. The number of carbonyl (C=O) groups is 1. The number of hydrogen-bond acceptors (Lipinski definition) is 3. The van der Waals surface area contributed by atoms with E-state index >= 15 is 0 Å². The highest BCUT2D eigenvalue weighted by molar-refractivity contribution is 5.68. The van der Waals surface area contributed by atoms with Crippen molar-refractivity contribution in [1.29, 1.82) is 0 Å². The third-order valence-electron chi connectivity index (χ3n) is 1.52. The van der Waals surface area contributed by atoms with Gasteiger partial charge in [0.05, 0.1) is 6.54 Å². The predicted octanol–water partition coefficient (Wildman–Crippen LogP) is 0.566. The van der Waals surface area contributed by atoms with Gasteiger partial charge < -0.3 is 15.5 Å². The molecule has 4 heteroatoms. The Morgan fingerprint density at radius 3 is 2.85 bits per heavy atom. The molecule has 0 bridgehead atoms. The highest BCUT2D eigenvalue weighted by Crippen LogP contribution is 2.09. The molecule has 13 heavy (non-hydrogen) atoms. The molecule has 0 aromatic heterocycles. The molecular weight excluding hydrogens is 170 g/mol. The van der Waals surface area contributed by atoms with E-state index in [9.17, 15) is 4.79 Å². The Kier molecular flexibility index (Phi) is 3.28. The van der Waals surface area contributed by atoms with Gasteiger partial charge >= 0.3 is 5.97 Å². The lowest BCUT2D eigenvalue weighted by Crippen LogP contribution is -2.21. The lowest BCUT2D eigenvalue weighted by Gasteiger charge is -2.01. The molecule has 4 nitrogen and oxygen atoms in total. The summed E-state index contributed by atoms with van der Waals surface area (Å²) in [6.07, 6.45) is 0. The van der Waals surface area contributed by atoms with Crippen molar-refractivity contribution in [2.45, 2.75) is 6.54 Å². The average molecular weight is 181 g/mol. The van der Waals surface area contributed by atoms with Crippen LogP contribution in [0.25, 0.3) is 0 Å². The van der Waals surface area contributed by atoms with Gasteiger partial charge in [-0.1, -0.05) is 12.1 Å². The second-order valence-corrected chi connectivity index (χ2v) is 2.67. The van der Waals surface area contributed by atoms with E-state index in [4.69, 9.17) is 10.2 Å². The van der Waals surface area contributed by atoms with Crippen molar-refractivity contribution in [2.75, 3.05) is 6.54 Å². The Labute approximate surface area is 75.8 Å². The van der Waals surface area contributed by atoms with Gasteiger partial charge in [0.2, 0.25) is 0 Å². The summed E-state index contributed by atoms with van der Waals surface area (Å²) < 4.78 is 0. The Hall–Kier alpha value is -1.55. The molecule has 0 aliphatic heterocycles. The molecule has 0 saturated carbocycles. The van der Waals surface area contributed by atoms with E-state index in [1.807, 2.05) is 6.07 Å². The smallest absolute Gasteiger partial charge is 0.317 e. The molecule has 0 atom stereocenters. The first kappa shape index (κ1) is 9.54. The first-order valence-corrected chi connectivity index (χ1v) is 3.89. The van der Waals surface area contributed by atoms with E-state index in [1.165, 1.54) is 0 Å². The Bertz CT molecular complexity index is 299. The number of rotatable bonds is 4. The summed E-state index contributed by atoms with van der Waals surface area (Å²) in [5.74, 6) is -0.699. The molecule has 3 N–H and O–H groups in total. The minimum Gasteiger partial charge on any atom is -0.508 e. The molecule has 0 saturated heterocycles. The van der Waals surface area contributed by atoms with E-state index in [-0.39, 0.29) is 12.3 Å². The Morgan fingerprint density at radius 2 is 2.23 bits per heavy atom. The molecule has 0 unspecified atom stereocenters. The number of aromatic hydroxyl groups is 1. The number of aliphatic carboxylic acids is 1. The number of carboxylic acids is 1. The maximum atomic E-state index is 10.1. The fraction of sp³-hybridized carbons (Fsp3) is 0.222. The fourth-order valence-corrected chi connectivity index (χ4v) is 0.980. The quantitative estimate of drug-likeness (QED) is 0.635. The van der Waals surface area contributed by atoms with E-state index in [0.29, 0.717) is 6.54 Å². The van der Waals surface area contributed by atoms with Gasteiger partial charge in [-0.2, -0.15) is 0 Å². The maximum Gasteiger partial charge on any atom is 0.317 e. The number of hydrogen-bond donors (Lipinski definition) is 3. The summed E-state index contributed by atoms with van der Waals surface area (Å²) in [7, 11) is 0. The van der Waals surface area contributed by atoms with E-state index in [0.717, 1.165) is 5.56 Å². The lowest BCUT2D eigenvalue weighted by atomic mass is 10.2. The fourth-order valence-electron chi connectivity index (χ4n) is 0.980. The molecule has 0 amide bonds. The zero-order valence-corrected chi connectivity index (χ0v) is 7.03. The molecule has 1 aromatic rings. The maximum absolute atomic E-state index is 10.1. The topological polar surface area (TPSA) is 69.6 Å². The third-order valence-corrected chi connectivity index (χ3v) is 1.52. The van der Waals surface area contributed by atoms with Crippen molar-refractivity contribution in [1.82, 2.24) is 5.32 Å². The van der Waals surface area contributed by atoms with Crippen LogP contribution in [-0.2, 0) is 11.3 Å². The zero-order chi connectivity index (χ0) is 9.68. The van der Waals surface area contributed by atoms with E-state index < -0.39 is 5.97 Å². The molecule has 1 aromatic carbocycles. The van der Waals surface area contributed by atoms with Crippen LogP contribution in [0, 0.1) is 0 Å². The summed E-state index contributed by atoms with van der Waals surface area (Å²) in [5, 5.41) is 20.1. The molecular formula is C9H11NO3. The van der Waals surface area contributed by atoms with Gasteiger partial charge in [-0.05, 0) is 17.7 Å². The molecule has 0 heterocycles. The van der Waals surface area contributed by atoms with Crippen LogP contribution in [-0.4, -0.2) is 22.7 Å². The second-order valence-electron chi connectivity index (χ2n) is 2.67.